The van der Waals surface area contributed by atoms with Gasteiger partial charge in [0.15, 0.2) is 0 Å². The van der Waals surface area contributed by atoms with E-state index in [1.54, 1.807) is 0 Å². The van der Waals surface area contributed by atoms with E-state index in [1.807, 2.05) is 69.3 Å². The van der Waals surface area contributed by atoms with Crippen molar-refractivity contribution in [2.75, 3.05) is 13.2 Å². The monoisotopic (exact) mass is 407 g/mol. The van der Waals surface area contributed by atoms with Crippen molar-refractivity contribution < 1.29 is 18.7 Å². The molecule has 0 aliphatic heterocycles. The summed E-state index contributed by atoms with van der Waals surface area (Å²) in [5.74, 6) is 2.09. The van der Waals surface area contributed by atoms with Crippen LogP contribution in [0.4, 0.5) is 4.79 Å². The quantitative estimate of drug-likeness (QED) is 0.554. The van der Waals surface area contributed by atoms with Gasteiger partial charge in [0.2, 0.25) is 5.89 Å². The Morgan fingerprint density at radius 2 is 1.93 bits per heavy atom. The van der Waals surface area contributed by atoms with Crippen LogP contribution in [0.5, 0.6) is 5.75 Å². The highest BCUT2D eigenvalue weighted by atomic mass is 16.6. The predicted molar refractivity (Wildman–Crippen MR) is 114 cm³/mol. The molecule has 2 aromatic carbocycles. The third-order valence-electron chi connectivity index (χ3n) is 4.35. The van der Waals surface area contributed by atoms with Gasteiger partial charge in [-0.15, -0.1) is 0 Å². The van der Waals surface area contributed by atoms with E-state index in [1.165, 1.54) is 0 Å². The van der Waals surface area contributed by atoms with Crippen molar-refractivity contribution >= 4 is 6.09 Å². The molecule has 0 aliphatic carbocycles. The number of oxazole rings is 1. The van der Waals surface area contributed by atoms with Gasteiger partial charge < -0.3 is 19.2 Å². The van der Waals surface area contributed by atoms with Crippen LogP contribution in [0.25, 0.3) is 11.5 Å². The Kier molecular flexibility index (Phi) is 7.49. The van der Waals surface area contributed by atoms with Crippen LogP contribution >= 0.6 is 0 Å². The molecule has 0 atom stereocenters. The van der Waals surface area contributed by atoms with Crippen LogP contribution in [-0.2, 0) is 17.6 Å². The lowest BCUT2D eigenvalue weighted by atomic mass is 10.1. The second-order valence-electron chi connectivity index (χ2n) is 7.16. The van der Waals surface area contributed by atoms with Gasteiger partial charge in [-0.2, -0.15) is 0 Å². The first-order chi connectivity index (χ1) is 14.5. The summed E-state index contributed by atoms with van der Waals surface area (Å²) in [6.07, 6.45) is 0.747. The molecule has 0 spiro atoms. The zero-order chi connectivity index (χ0) is 21.3. The summed E-state index contributed by atoms with van der Waals surface area (Å²) in [5.41, 5.74) is 2.80. The molecule has 0 bridgehead atoms. The summed E-state index contributed by atoms with van der Waals surface area (Å²) in [7, 11) is 0. The first kappa shape index (κ1) is 21.4. The number of hydrogen-bond donors (Lipinski definition) is 1. The summed E-state index contributed by atoms with van der Waals surface area (Å²) in [6, 6.07) is 18.8. The number of rotatable bonds is 9. The number of ether oxygens (including phenoxy) is 2. The van der Waals surface area contributed by atoms with E-state index >= 15 is 0 Å². The fourth-order valence-corrected chi connectivity index (χ4v) is 2.90. The normalized spacial score (nSPS) is 10.8. The highest BCUT2D eigenvalue weighted by Crippen LogP contribution is 2.22. The SMILES string of the molecule is Cc1oc(-c2ccccc2)nc1CCOc1[c]c(CCNC(=O)OC(C)C)ccc1. The number of aryl methyl sites for hydroxylation is 1. The lowest BCUT2D eigenvalue weighted by Crippen LogP contribution is -2.28. The Morgan fingerprint density at radius 1 is 1.13 bits per heavy atom. The largest absolute Gasteiger partial charge is 0.493 e. The van der Waals surface area contributed by atoms with Gasteiger partial charge in [-0.3, -0.25) is 0 Å². The highest BCUT2D eigenvalue weighted by molar-refractivity contribution is 5.67. The van der Waals surface area contributed by atoms with Crippen LogP contribution in [0.2, 0.25) is 0 Å². The number of hydrogen-bond acceptors (Lipinski definition) is 5. The molecule has 30 heavy (non-hydrogen) atoms. The molecular weight excluding hydrogens is 380 g/mol. The van der Waals surface area contributed by atoms with E-state index in [0.717, 1.165) is 22.6 Å². The van der Waals surface area contributed by atoms with E-state index in [-0.39, 0.29) is 6.10 Å². The van der Waals surface area contributed by atoms with Crippen molar-refractivity contribution in [2.45, 2.75) is 39.7 Å². The minimum atomic E-state index is -0.407. The molecule has 0 saturated carbocycles. The summed E-state index contributed by atoms with van der Waals surface area (Å²) < 4.78 is 16.7. The second kappa shape index (κ2) is 10.5. The summed E-state index contributed by atoms with van der Waals surface area (Å²) in [5, 5.41) is 2.73. The molecule has 1 N–H and O–H groups in total. The molecule has 0 unspecified atom stereocenters. The third-order valence-corrected chi connectivity index (χ3v) is 4.35. The number of alkyl carbamates (subject to hydrolysis) is 1. The smallest absolute Gasteiger partial charge is 0.407 e. The van der Waals surface area contributed by atoms with Crippen molar-refractivity contribution in [1.29, 1.82) is 0 Å². The van der Waals surface area contributed by atoms with Gasteiger partial charge in [0.1, 0.15) is 11.5 Å². The minimum Gasteiger partial charge on any atom is -0.493 e. The molecule has 0 fully saturated rings. The number of aromatic nitrogens is 1. The van der Waals surface area contributed by atoms with Crippen LogP contribution in [0.3, 0.4) is 0 Å². The van der Waals surface area contributed by atoms with E-state index in [9.17, 15) is 4.79 Å². The molecule has 0 aliphatic rings. The molecule has 0 saturated heterocycles. The summed E-state index contributed by atoms with van der Waals surface area (Å²) in [4.78, 5) is 16.1. The van der Waals surface area contributed by atoms with Gasteiger partial charge in [0.25, 0.3) is 0 Å². The van der Waals surface area contributed by atoms with E-state index < -0.39 is 6.09 Å². The topological polar surface area (TPSA) is 73.6 Å². The Morgan fingerprint density at radius 3 is 2.70 bits per heavy atom. The number of amides is 1. The molecule has 157 valence electrons. The maximum Gasteiger partial charge on any atom is 0.407 e. The van der Waals surface area contributed by atoms with Crippen LogP contribution < -0.4 is 10.1 Å². The number of carbonyl (C=O) groups excluding carboxylic acids is 1. The molecule has 3 rings (SSSR count). The first-order valence-corrected chi connectivity index (χ1v) is 10.1. The molecule has 1 amide bonds. The van der Waals surface area contributed by atoms with Crippen LogP contribution in [0.15, 0.2) is 52.9 Å². The van der Waals surface area contributed by atoms with E-state index in [2.05, 4.69) is 16.4 Å². The summed E-state index contributed by atoms with van der Waals surface area (Å²) in [6.45, 7) is 6.50. The molecule has 6 heteroatoms. The number of benzene rings is 2. The highest BCUT2D eigenvalue weighted by Gasteiger charge is 2.11. The van der Waals surface area contributed by atoms with Gasteiger partial charge in [-0.1, -0.05) is 30.3 Å². The van der Waals surface area contributed by atoms with Crippen LogP contribution in [0.1, 0.15) is 30.9 Å². The molecule has 1 radical (unpaired) electrons. The fourth-order valence-electron chi connectivity index (χ4n) is 2.90. The first-order valence-electron chi connectivity index (χ1n) is 10.1. The average molecular weight is 407 g/mol. The van der Waals surface area contributed by atoms with Crippen molar-refractivity contribution in [3.05, 3.63) is 71.6 Å². The molecular formula is C24H27N2O4. The van der Waals surface area contributed by atoms with Crippen LogP contribution in [-0.4, -0.2) is 30.3 Å². The molecule has 3 aromatic rings. The van der Waals surface area contributed by atoms with Gasteiger partial charge in [0, 0.05) is 24.6 Å². The maximum atomic E-state index is 11.5. The fraction of sp³-hybridized carbons (Fsp3) is 0.333. The van der Waals surface area contributed by atoms with Gasteiger partial charge in [-0.25, -0.2) is 9.78 Å². The predicted octanol–water partition coefficient (Wildman–Crippen LogP) is 4.75. The van der Waals surface area contributed by atoms with Crippen molar-refractivity contribution in [2.24, 2.45) is 0 Å². The average Bonchev–Trinajstić information content (AvgIpc) is 3.09. The van der Waals surface area contributed by atoms with Gasteiger partial charge in [-0.05, 0) is 51.0 Å². The van der Waals surface area contributed by atoms with Crippen LogP contribution in [0, 0.1) is 13.0 Å². The number of nitrogens with one attached hydrogen (secondary N) is 1. The van der Waals surface area contributed by atoms with Crippen molar-refractivity contribution in [3.63, 3.8) is 0 Å². The second-order valence-corrected chi connectivity index (χ2v) is 7.16. The molecule has 6 nitrogen and oxygen atoms in total. The zero-order valence-corrected chi connectivity index (χ0v) is 17.6. The summed E-state index contributed by atoms with van der Waals surface area (Å²) >= 11 is 0. The standard InChI is InChI=1S/C24H27N2O4/c1-17(2)29-24(27)25-14-12-19-8-7-11-21(16-19)28-15-13-22-18(3)30-23(26-22)20-9-5-4-6-10-20/h4-11,17H,12-15H2,1-3H3,(H,25,27). The minimum absolute atomic E-state index is 0.134. The Bertz CT molecular complexity index is 951. The lowest BCUT2D eigenvalue weighted by Gasteiger charge is -2.10. The Hall–Kier alpha value is -3.28. The van der Waals surface area contributed by atoms with Crippen molar-refractivity contribution in [3.8, 4) is 17.2 Å². The number of carbonyl (C=O) groups is 1. The van der Waals surface area contributed by atoms with Gasteiger partial charge >= 0.3 is 6.09 Å². The van der Waals surface area contributed by atoms with Crippen molar-refractivity contribution in [1.82, 2.24) is 10.3 Å². The lowest BCUT2D eigenvalue weighted by molar-refractivity contribution is 0.116. The number of nitrogens with zero attached hydrogens (tertiary/aromatic N) is 1. The Balaban J connectivity index is 1.48. The molecule has 1 aromatic heterocycles. The Labute approximate surface area is 177 Å². The van der Waals surface area contributed by atoms with E-state index in [0.29, 0.717) is 37.6 Å². The maximum absolute atomic E-state index is 11.5. The van der Waals surface area contributed by atoms with Gasteiger partial charge in [0.05, 0.1) is 18.4 Å². The zero-order valence-electron chi connectivity index (χ0n) is 17.6. The third kappa shape index (κ3) is 6.37. The van der Waals surface area contributed by atoms with E-state index in [4.69, 9.17) is 13.9 Å². The molecule has 1 heterocycles.